The molecule has 0 radical (unpaired) electrons. The number of amides is 1. The minimum Gasteiger partial charge on any atom is -0.461 e. The molecule has 222 valence electrons. The lowest BCUT2D eigenvalue weighted by Gasteiger charge is -2.36. The Morgan fingerprint density at radius 1 is 0.977 bits per heavy atom. The summed E-state index contributed by atoms with van der Waals surface area (Å²) >= 11 is 15.2. The molecule has 0 saturated carbocycles. The fraction of sp³-hybridized carbons (Fsp3) is 0.214. The molecule has 3 aromatic heterocycles. The minimum atomic E-state index is -4.41. The molecular formula is C28H21Cl2F3N6O2S2. The maximum absolute atomic E-state index is 13.2. The van der Waals surface area contributed by atoms with Gasteiger partial charge in [-0.05, 0) is 48.5 Å². The third-order valence-corrected chi connectivity index (χ3v) is 9.45. The van der Waals surface area contributed by atoms with Crippen LogP contribution >= 0.6 is 46.3 Å². The van der Waals surface area contributed by atoms with Gasteiger partial charge in [-0.2, -0.15) is 13.2 Å². The Morgan fingerprint density at radius 2 is 1.79 bits per heavy atom. The second-order valence-electron chi connectivity index (χ2n) is 9.46. The number of hydrogen-bond donors (Lipinski definition) is 0. The zero-order chi connectivity index (χ0) is 30.1. The molecule has 6 rings (SSSR count). The molecule has 43 heavy (non-hydrogen) atoms. The van der Waals surface area contributed by atoms with Gasteiger partial charge in [0.25, 0.3) is 5.91 Å². The van der Waals surface area contributed by atoms with Crippen molar-refractivity contribution in [2.75, 3.05) is 31.1 Å². The van der Waals surface area contributed by atoms with Crippen LogP contribution in [0.1, 0.15) is 21.1 Å². The Balaban J connectivity index is 1.12. The highest BCUT2D eigenvalue weighted by atomic mass is 35.5. The lowest BCUT2D eigenvalue weighted by Crippen LogP contribution is -2.49. The molecule has 0 spiro atoms. The van der Waals surface area contributed by atoms with Crippen molar-refractivity contribution in [2.45, 2.75) is 17.1 Å². The Bertz CT molecular complexity index is 1750. The lowest BCUT2D eigenvalue weighted by molar-refractivity contribution is -0.137. The average Bonchev–Trinajstić information content (AvgIpc) is 3.78. The number of hydrogen-bond acceptors (Lipinski definition) is 8. The van der Waals surface area contributed by atoms with Crippen LogP contribution < -0.4 is 4.90 Å². The summed E-state index contributed by atoms with van der Waals surface area (Å²) in [5.41, 5.74) is 0.825. The summed E-state index contributed by atoms with van der Waals surface area (Å²) in [6.07, 6.45) is -2.86. The topological polar surface area (TPSA) is 80.3 Å². The smallest absolute Gasteiger partial charge is 0.416 e. The number of rotatable bonds is 7. The zero-order valence-electron chi connectivity index (χ0n) is 22.1. The zero-order valence-corrected chi connectivity index (χ0v) is 25.2. The number of benzene rings is 2. The van der Waals surface area contributed by atoms with E-state index in [1.807, 2.05) is 9.47 Å². The van der Waals surface area contributed by atoms with Gasteiger partial charge < -0.3 is 14.2 Å². The summed E-state index contributed by atoms with van der Waals surface area (Å²) in [4.78, 5) is 21.3. The van der Waals surface area contributed by atoms with Crippen LogP contribution in [0.3, 0.4) is 0 Å². The molecular weight excluding hydrogens is 644 g/mol. The monoisotopic (exact) mass is 664 g/mol. The Morgan fingerprint density at radius 3 is 2.51 bits per heavy atom. The maximum atomic E-state index is 13.2. The third kappa shape index (κ3) is 6.40. The van der Waals surface area contributed by atoms with E-state index in [1.54, 1.807) is 52.9 Å². The van der Waals surface area contributed by atoms with Crippen LogP contribution in [-0.4, -0.2) is 56.7 Å². The predicted octanol–water partition coefficient (Wildman–Crippen LogP) is 7.56. The Labute approximate surface area is 262 Å². The van der Waals surface area contributed by atoms with Gasteiger partial charge in [0.1, 0.15) is 10.7 Å². The summed E-state index contributed by atoms with van der Waals surface area (Å²) in [6.45, 7) is 1.59. The van der Waals surface area contributed by atoms with Gasteiger partial charge in [-0.15, -0.1) is 21.5 Å². The molecule has 0 atom stereocenters. The van der Waals surface area contributed by atoms with Crippen LogP contribution in [0.25, 0.3) is 17.3 Å². The molecule has 1 amide bonds. The Kier molecular flexibility index (Phi) is 8.40. The van der Waals surface area contributed by atoms with Gasteiger partial charge in [-0.25, -0.2) is 4.98 Å². The molecule has 0 aliphatic carbocycles. The van der Waals surface area contributed by atoms with Crippen LogP contribution in [0.15, 0.2) is 75.8 Å². The molecule has 5 aromatic rings. The number of thioether (sulfide) groups is 1. The molecule has 2 aromatic carbocycles. The predicted molar refractivity (Wildman–Crippen MR) is 160 cm³/mol. The van der Waals surface area contributed by atoms with Crippen LogP contribution in [-0.2, 0) is 11.9 Å². The van der Waals surface area contributed by atoms with Gasteiger partial charge >= 0.3 is 6.18 Å². The number of carbonyl (C=O) groups excluding carboxylic acids is 1. The fourth-order valence-electron chi connectivity index (χ4n) is 4.60. The molecule has 0 N–H and O–H groups in total. The fourth-order valence-corrected chi connectivity index (χ4v) is 6.63. The minimum absolute atomic E-state index is 0.213. The number of anilines is 1. The third-order valence-electron chi connectivity index (χ3n) is 6.74. The highest BCUT2D eigenvalue weighted by molar-refractivity contribution is 7.98. The summed E-state index contributed by atoms with van der Waals surface area (Å²) < 4.78 is 46.8. The molecule has 1 fully saturated rings. The van der Waals surface area contributed by atoms with E-state index in [2.05, 4.69) is 15.2 Å². The van der Waals surface area contributed by atoms with Crippen molar-refractivity contribution in [3.8, 4) is 17.3 Å². The molecule has 15 heteroatoms. The largest absolute Gasteiger partial charge is 0.461 e. The van der Waals surface area contributed by atoms with Crippen LogP contribution in [0.4, 0.5) is 18.9 Å². The van der Waals surface area contributed by atoms with Gasteiger partial charge in [0.15, 0.2) is 10.9 Å². The van der Waals surface area contributed by atoms with Crippen molar-refractivity contribution < 1.29 is 22.4 Å². The number of carbonyl (C=O) groups is 1. The van der Waals surface area contributed by atoms with E-state index in [-0.39, 0.29) is 5.91 Å². The number of furan rings is 1. The quantitative estimate of drug-likeness (QED) is 0.166. The first-order chi connectivity index (χ1) is 20.7. The van der Waals surface area contributed by atoms with Crippen molar-refractivity contribution >= 4 is 57.9 Å². The first-order valence-corrected chi connectivity index (χ1v) is 15.5. The van der Waals surface area contributed by atoms with E-state index in [4.69, 9.17) is 27.6 Å². The Hall–Kier alpha value is -3.52. The van der Waals surface area contributed by atoms with Gasteiger partial charge in [-0.3, -0.25) is 9.36 Å². The first-order valence-electron chi connectivity index (χ1n) is 12.9. The normalized spacial score (nSPS) is 14.0. The summed E-state index contributed by atoms with van der Waals surface area (Å²) in [7, 11) is 0. The number of thiazole rings is 1. The molecule has 8 nitrogen and oxygen atoms in total. The van der Waals surface area contributed by atoms with E-state index in [0.29, 0.717) is 75.8 Å². The second kappa shape index (κ2) is 12.2. The average molecular weight is 666 g/mol. The van der Waals surface area contributed by atoms with Crippen molar-refractivity contribution in [3.05, 3.63) is 92.6 Å². The molecule has 1 aliphatic rings. The van der Waals surface area contributed by atoms with E-state index < -0.39 is 11.7 Å². The summed E-state index contributed by atoms with van der Waals surface area (Å²) in [5, 5.41) is 12.5. The molecule has 0 unspecified atom stereocenters. The molecule has 4 heterocycles. The molecule has 1 aliphatic heterocycles. The van der Waals surface area contributed by atoms with E-state index in [0.717, 1.165) is 17.1 Å². The van der Waals surface area contributed by atoms with Gasteiger partial charge in [-0.1, -0.05) is 41.0 Å². The lowest BCUT2D eigenvalue weighted by atomic mass is 10.1. The van der Waals surface area contributed by atoms with Crippen LogP contribution in [0.5, 0.6) is 0 Å². The number of halogens is 5. The molecule has 0 bridgehead atoms. The van der Waals surface area contributed by atoms with Crippen molar-refractivity contribution in [1.29, 1.82) is 0 Å². The maximum Gasteiger partial charge on any atom is 0.416 e. The van der Waals surface area contributed by atoms with Gasteiger partial charge in [0, 0.05) is 37.2 Å². The van der Waals surface area contributed by atoms with Crippen molar-refractivity contribution in [3.63, 3.8) is 0 Å². The second-order valence-corrected chi connectivity index (χ2v) is 12.2. The number of nitrogens with zero attached hydrogens (tertiary/aromatic N) is 6. The summed E-state index contributed by atoms with van der Waals surface area (Å²) in [6, 6.07) is 14.0. The highest BCUT2D eigenvalue weighted by Gasteiger charge is 2.31. The van der Waals surface area contributed by atoms with Crippen molar-refractivity contribution in [1.82, 2.24) is 24.6 Å². The number of piperazine rings is 1. The van der Waals surface area contributed by atoms with E-state index >= 15 is 0 Å². The van der Waals surface area contributed by atoms with E-state index in [1.165, 1.54) is 29.2 Å². The summed E-state index contributed by atoms with van der Waals surface area (Å²) in [5.74, 6) is 1.24. The van der Waals surface area contributed by atoms with E-state index in [9.17, 15) is 18.0 Å². The van der Waals surface area contributed by atoms with Crippen LogP contribution in [0.2, 0.25) is 10.0 Å². The van der Waals surface area contributed by atoms with Crippen LogP contribution in [0, 0.1) is 0 Å². The first kappa shape index (κ1) is 29.5. The van der Waals surface area contributed by atoms with Gasteiger partial charge in [0.05, 0.1) is 33.3 Å². The number of aromatic nitrogens is 4. The highest BCUT2D eigenvalue weighted by Crippen LogP contribution is 2.34. The molecule has 1 saturated heterocycles. The van der Waals surface area contributed by atoms with Crippen molar-refractivity contribution in [2.24, 2.45) is 0 Å². The SMILES string of the molecule is O=C(c1csc(CSc2nnc(-c3ccco3)n2-c2ccc(Cl)c(Cl)c2)n1)N1CCN(c2cccc(C(F)(F)F)c2)CC1. The number of alkyl halides is 3. The standard InChI is InChI=1S/C28H21Cl2F3N6O2S2/c29-20-7-6-19(14-21(20)30)39-25(23-5-2-12-41-23)35-36-27(39)43-16-24-34-22(15-42-24)26(40)38-10-8-37(9-11-38)18-4-1-3-17(13-18)28(31,32)33/h1-7,12-15H,8-11,16H2. The van der Waals surface area contributed by atoms with Gasteiger partial charge in [0.2, 0.25) is 5.82 Å².